The first-order valence-electron chi connectivity index (χ1n) is 6.15. The molecule has 0 saturated carbocycles. The maximum Gasteiger partial charge on any atom is 0.412 e. The van der Waals surface area contributed by atoms with E-state index in [0.29, 0.717) is 5.69 Å². The molecule has 0 radical (unpaired) electrons. The molecule has 5 heteroatoms. The molecular weight excluding hydrogens is 261 g/mol. The van der Waals surface area contributed by atoms with Gasteiger partial charge in [-0.2, -0.15) is 0 Å². The van der Waals surface area contributed by atoms with Gasteiger partial charge in [0.15, 0.2) is 5.78 Å². The van der Waals surface area contributed by atoms with Crippen LogP contribution >= 0.6 is 0 Å². The highest BCUT2D eigenvalue weighted by molar-refractivity contribution is 5.92. The Kier molecular flexibility index (Phi) is 5.02. The zero-order valence-corrected chi connectivity index (χ0v) is 12.0. The van der Waals surface area contributed by atoms with E-state index in [1.165, 1.54) is 37.3 Å². The molecule has 0 aromatic heterocycles. The van der Waals surface area contributed by atoms with Gasteiger partial charge in [0.25, 0.3) is 0 Å². The summed E-state index contributed by atoms with van der Waals surface area (Å²) in [5.41, 5.74) is -0.000748. The number of halogens is 1. The summed E-state index contributed by atoms with van der Waals surface area (Å²) in [6.07, 6.45) is 2.00. The molecule has 0 atom stereocenters. The second kappa shape index (κ2) is 6.32. The van der Waals surface area contributed by atoms with Crippen molar-refractivity contribution in [2.24, 2.45) is 0 Å². The second-order valence-corrected chi connectivity index (χ2v) is 5.31. The predicted molar refractivity (Wildman–Crippen MR) is 76.0 cm³/mol. The van der Waals surface area contributed by atoms with Crippen LogP contribution in [0.1, 0.15) is 33.3 Å². The number of carbonyl (C=O) groups is 2. The van der Waals surface area contributed by atoms with Crippen molar-refractivity contribution in [2.45, 2.75) is 33.3 Å². The van der Waals surface area contributed by atoms with E-state index in [1.807, 2.05) is 0 Å². The normalized spacial score (nSPS) is 11.4. The summed E-state index contributed by atoms with van der Waals surface area (Å²) in [4.78, 5) is 22.4. The molecule has 108 valence electrons. The van der Waals surface area contributed by atoms with E-state index >= 15 is 0 Å². The molecule has 4 nitrogen and oxygen atoms in total. The molecule has 0 fully saturated rings. The molecule has 1 rings (SSSR count). The molecule has 20 heavy (non-hydrogen) atoms. The molecule has 0 unspecified atom stereocenters. The van der Waals surface area contributed by atoms with Crippen molar-refractivity contribution in [1.29, 1.82) is 0 Å². The van der Waals surface area contributed by atoms with Gasteiger partial charge in [-0.25, -0.2) is 9.18 Å². The molecule has 0 bridgehead atoms. The van der Waals surface area contributed by atoms with Crippen LogP contribution in [-0.4, -0.2) is 17.5 Å². The summed E-state index contributed by atoms with van der Waals surface area (Å²) in [6, 6.07) is 4.07. The van der Waals surface area contributed by atoms with Crippen LogP contribution in [0, 0.1) is 5.82 Å². The minimum atomic E-state index is -0.620. The number of amides is 1. The van der Waals surface area contributed by atoms with E-state index < -0.39 is 17.5 Å². The van der Waals surface area contributed by atoms with Gasteiger partial charge in [-0.15, -0.1) is 0 Å². The van der Waals surface area contributed by atoms with Crippen molar-refractivity contribution in [2.75, 3.05) is 5.32 Å². The third-order valence-electron chi connectivity index (χ3n) is 2.14. The zero-order valence-electron chi connectivity index (χ0n) is 12.0. The maximum atomic E-state index is 13.5. The number of hydrogen-bond acceptors (Lipinski definition) is 3. The fourth-order valence-electron chi connectivity index (χ4n) is 1.38. The molecule has 0 aliphatic rings. The fourth-order valence-corrected chi connectivity index (χ4v) is 1.38. The third kappa shape index (κ3) is 5.65. The van der Waals surface area contributed by atoms with Crippen LogP contribution in [-0.2, 0) is 9.53 Å². The number of carbonyl (C=O) groups excluding carboxylic acids is 2. The van der Waals surface area contributed by atoms with Gasteiger partial charge < -0.3 is 4.74 Å². The zero-order chi connectivity index (χ0) is 15.3. The number of ketones is 1. The predicted octanol–water partition coefficient (Wildman–Crippen LogP) is 3.77. The number of allylic oxidation sites excluding steroid dienone is 1. The Hall–Kier alpha value is -2.17. The molecule has 0 spiro atoms. The van der Waals surface area contributed by atoms with E-state index in [0.717, 1.165) is 0 Å². The monoisotopic (exact) mass is 279 g/mol. The molecule has 1 aromatic rings. The van der Waals surface area contributed by atoms with E-state index in [9.17, 15) is 14.0 Å². The van der Waals surface area contributed by atoms with Crippen LogP contribution in [0.5, 0.6) is 0 Å². The molecule has 0 aliphatic heterocycles. The lowest BCUT2D eigenvalue weighted by Crippen LogP contribution is -2.27. The summed E-state index contributed by atoms with van der Waals surface area (Å²) >= 11 is 0. The van der Waals surface area contributed by atoms with Gasteiger partial charge in [-0.1, -0.05) is 0 Å². The lowest BCUT2D eigenvalue weighted by Gasteiger charge is -2.19. The first kappa shape index (κ1) is 15.9. The number of benzene rings is 1. The average molecular weight is 279 g/mol. The Morgan fingerprint density at radius 1 is 1.30 bits per heavy atom. The number of rotatable bonds is 3. The van der Waals surface area contributed by atoms with Crippen LogP contribution < -0.4 is 5.32 Å². The molecule has 0 saturated heterocycles. The number of hydrogen-bond donors (Lipinski definition) is 1. The lowest BCUT2D eigenvalue weighted by atomic mass is 10.1. The Morgan fingerprint density at radius 2 is 1.95 bits per heavy atom. The van der Waals surface area contributed by atoms with Crippen molar-refractivity contribution in [1.82, 2.24) is 0 Å². The molecule has 1 aromatic carbocycles. The average Bonchev–Trinajstić information content (AvgIpc) is 2.27. The standard InChI is InChI=1S/C15H18FNO3/c1-10(18)5-6-11-9-12(7-8-13(11)16)17-14(19)20-15(2,3)4/h5-9H,1-4H3,(H,17,19)/b6-5+. The maximum absolute atomic E-state index is 13.5. The number of anilines is 1. The molecule has 0 aliphatic carbocycles. The minimum Gasteiger partial charge on any atom is -0.444 e. The van der Waals surface area contributed by atoms with E-state index in [4.69, 9.17) is 4.74 Å². The number of nitrogens with one attached hydrogen (secondary N) is 1. The van der Waals surface area contributed by atoms with Crippen molar-refractivity contribution >= 4 is 23.6 Å². The molecule has 0 heterocycles. The number of ether oxygens (including phenoxy) is 1. The lowest BCUT2D eigenvalue weighted by molar-refractivity contribution is -0.112. The van der Waals surface area contributed by atoms with Gasteiger partial charge in [-0.05, 0) is 58.0 Å². The Morgan fingerprint density at radius 3 is 2.50 bits per heavy atom. The SMILES string of the molecule is CC(=O)/C=C/c1cc(NC(=O)OC(C)(C)C)ccc1F. The summed E-state index contributed by atoms with van der Waals surface area (Å²) in [5.74, 6) is -0.660. The summed E-state index contributed by atoms with van der Waals surface area (Å²) in [5, 5.41) is 2.51. The smallest absolute Gasteiger partial charge is 0.412 e. The minimum absolute atomic E-state index is 0.185. The van der Waals surface area contributed by atoms with Gasteiger partial charge in [0.05, 0.1) is 0 Å². The van der Waals surface area contributed by atoms with Crippen molar-refractivity contribution < 1.29 is 18.7 Å². The van der Waals surface area contributed by atoms with Crippen molar-refractivity contribution in [3.05, 3.63) is 35.7 Å². The quantitative estimate of drug-likeness (QED) is 0.857. The highest BCUT2D eigenvalue weighted by Gasteiger charge is 2.16. The van der Waals surface area contributed by atoms with Crippen LogP contribution in [0.3, 0.4) is 0 Å². The van der Waals surface area contributed by atoms with Crippen LogP contribution in [0.2, 0.25) is 0 Å². The largest absolute Gasteiger partial charge is 0.444 e. The van der Waals surface area contributed by atoms with E-state index in [-0.39, 0.29) is 11.3 Å². The molecule has 1 amide bonds. The van der Waals surface area contributed by atoms with Gasteiger partial charge in [0, 0.05) is 11.3 Å². The van der Waals surface area contributed by atoms with Crippen LogP contribution in [0.15, 0.2) is 24.3 Å². The van der Waals surface area contributed by atoms with Gasteiger partial charge >= 0.3 is 6.09 Å². The van der Waals surface area contributed by atoms with Crippen molar-refractivity contribution in [3.63, 3.8) is 0 Å². The summed E-state index contributed by atoms with van der Waals surface area (Å²) in [7, 11) is 0. The highest BCUT2D eigenvalue weighted by atomic mass is 19.1. The first-order valence-corrected chi connectivity index (χ1v) is 6.15. The molecular formula is C15H18FNO3. The molecule has 1 N–H and O–H groups in total. The first-order chi connectivity index (χ1) is 9.17. The highest BCUT2D eigenvalue weighted by Crippen LogP contribution is 2.17. The second-order valence-electron chi connectivity index (χ2n) is 5.31. The van der Waals surface area contributed by atoms with Crippen LogP contribution in [0.25, 0.3) is 6.08 Å². The summed E-state index contributed by atoms with van der Waals surface area (Å²) < 4.78 is 18.6. The van der Waals surface area contributed by atoms with E-state index in [1.54, 1.807) is 20.8 Å². The van der Waals surface area contributed by atoms with Crippen LogP contribution in [0.4, 0.5) is 14.9 Å². The Balaban J connectivity index is 2.85. The fraction of sp³-hybridized carbons (Fsp3) is 0.333. The Labute approximate surface area is 117 Å². The summed E-state index contributed by atoms with van der Waals surface area (Å²) in [6.45, 7) is 6.62. The van der Waals surface area contributed by atoms with E-state index in [2.05, 4.69) is 5.32 Å². The van der Waals surface area contributed by atoms with Gasteiger partial charge in [-0.3, -0.25) is 10.1 Å². The van der Waals surface area contributed by atoms with Gasteiger partial charge in [0.2, 0.25) is 0 Å². The van der Waals surface area contributed by atoms with Gasteiger partial charge in [0.1, 0.15) is 11.4 Å². The topological polar surface area (TPSA) is 55.4 Å². The Bertz CT molecular complexity index is 545. The van der Waals surface area contributed by atoms with Crippen molar-refractivity contribution in [3.8, 4) is 0 Å². The third-order valence-corrected chi connectivity index (χ3v) is 2.14.